The number of carbonyl (C=O) groups excluding carboxylic acids is 1. The SMILES string of the molecule is COc1ccc(CC([P+]2(O)OC(C)C(C)O2)[P+]2(O)OC(C)C(C)O2)cc1C(=O)N(C)CCc1nc(-c2ccccc2)oc1C. The van der Waals surface area contributed by atoms with Crippen LogP contribution in [0.25, 0.3) is 11.5 Å². The van der Waals surface area contributed by atoms with E-state index >= 15 is 0 Å². The summed E-state index contributed by atoms with van der Waals surface area (Å²) in [5.41, 5.74) is 2.67. The number of methoxy groups -OCH3 is 1. The van der Waals surface area contributed by atoms with Gasteiger partial charge in [0.05, 0.1) is 24.8 Å². The third-order valence-corrected chi connectivity index (χ3v) is 14.4. The highest BCUT2D eigenvalue weighted by Gasteiger charge is 2.76. The zero-order valence-electron chi connectivity index (χ0n) is 26.2. The van der Waals surface area contributed by atoms with Gasteiger partial charge in [0.1, 0.15) is 35.9 Å². The first kappa shape index (κ1) is 32.9. The van der Waals surface area contributed by atoms with E-state index in [1.165, 1.54) is 7.11 Å². The summed E-state index contributed by atoms with van der Waals surface area (Å²) in [6.07, 6.45) is -0.906. The molecule has 4 unspecified atom stereocenters. The summed E-state index contributed by atoms with van der Waals surface area (Å²) in [6.45, 7) is 9.51. The van der Waals surface area contributed by atoms with Crippen molar-refractivity contribution >= 4 is 21.8 Å². The molecular weight excluding hydrogens is 606 g/mol. The molecule has 238 valence electrons. The van der Waals surface area contributed by atoms with Gasteiger partial charge in [-0.15, -0.1) is 0 Å². The lowest BCUT2D eigenvalue weighted by Crippen LogP contribution is -2.29. The van der Waals surface area contributed by atoms with E-state index in [1.54, 1.807) is 30.1 Å². The second kappa shape index (κ2) is 13.1. The van der Waals surface area contributed by atoms with Gasteiger partial charge >= 0.3 is 21.3 Å². The summed E-state index contributed by atoms with van der Waals surface area (Å²) in [7, 11) is -4.00. The molecule has 11 nitrogen and oxygen atoms in total. The molecule has 0 radical (unpaired) electrons. The predicted octanol–water partition coefficient (Wildman–Crippen LogP) is 6.00. The predicted molar refractivity (Wildman–Crippen MR) is 168 cm³/mol. The molecule has 44 heavy (non-hydrogen) atoms. The first-order valence-corrected chi connectivity index (χ1v) is 18.0. The van der Waals surface area contributed by atoms with Crippen molar-refractivity contribution in [2.24, 2.45) is 0 Å². The molecule has 1 aromatic heterocycles. The number of amides is 1. The molecule has 2 aliphatic rings. The van der Waals surface area contributed by atoms with Crippen molar-refractivity contribution in [3.63, 3.8) is 0 Å². The van der Waals surface area contributed by atoms with Gasteiger partial charge in [0.15, 0.2) is 0 Å². The van der Waals surface area contributed by atoms with Crippen LogP contribution in [0.15, 0.2) is 52.9 Å². The van der Waals surface area contributed by atoms with Crippen LogP contribution in [0.5, 0.6) is 5.75 Å². The summed E-state index contributed by atoms with van der Waals surface area (Å²) in [4.78, 5) is 43.3. The highest BCUT2D eigenvalue weighted by atomic mass is 31.3. The monoisotopic (exact) mass is 648 g/mol. The van der Waals surface area contributed by atoms with Crippen molar-refractivity contribution in [2.75, 3.05) is 20.7 Å². The average molecular weight is 649 g/mol. The van der Waals surface area contributed by atoms with Crippen LogP contribution >= 0.6 is 15.9 Å². The van der Waals surface area contributed by atoms with Gasteiger partial charge < -0.3 is 14.1 Å². The standard InChI is InChI=1S/C31H42N2O9P2/c1-19-20(2)40-43(35,39-19)29(44(36)41-21(3)22(4)42-44)18-24-13-14-28(37-7)26(17-24)31(34)33(6)16-15-27-23(5)38-30(32-27)25-11-9-8-10-12-25/h8-14,17,19-22,29,35-36H,15-16,18H2,1-7H3/q+2. The molecule has 2 saturated heterocycles. The smallest absolute Gasteiger partial charge is 0.461 e. The van der Waals surface area contributed by atoms with Crippen molar-refractivity contribution in [3.05, 3.63) is 71.1 Å². The van der Waals surface area contributed by atoms with Crippen molar-refractivity contribution in [1.82, 2.24) is 9.88 Å². The lowest BCUT2D eigenvalue weighted by atomic mass is 10.1. The van der Waals surface area contributed by atoms with Crippen LogP contribution in [0.1, 0.15) is 55.1 Å². The average Bonchev–Trinajstić information content (AvgIpc) is 3.60. The molecule has 2 aliphatic heterocycles. The number of hydrogen-bond donors (Lipinski definition) is 2. The third kappa shape index (κ3) is 6.71. The largest absolute Gasteiger partial charge is 0.496 e. The van der Waals surface area contributed by atoms with Crippen molar-refractivity contribution in [2.45, 2.75) is 77.3 Å². The van der Waals surface area contributed by atoms with E-state index in [0.717, 1.165) is 11.3 Å². The number of aromatic nitrogens is 1. The van der Waals surface area contributed by atoms with Gasteiger partial charge in [-0.1, -0.05) is 24.3 Å². The molecule has 0 bridgehead atoms. The first-order chi connectivity index (χ1) is 20.8. The molecule has 3 heterocycles. The minimum atomic E-state index is -3.62. The number of hydrogen-bond acceptors (Lipinski definition) is 10. The van der Waals surface area contributed by atoms with E-state index in [0.29, 0.717) is 41.5 Å². The molecule has 2 aromatic carbocycles. The van der Waals surface area contributed by atoms with E-state index in [9.17, 15) is 14.6 Å². The Morgan fingerprint density at radius 2 is 1.52 bits per heavy atom. The highest BCUT2D eigenvalue weighted by Crippen LogP contribution is 2.83. The van der Waals surface area contributed by atoms with Gasteiger partial charge in [-0.2, -0.15) is 27.9 Å². The molecule has 2 fully saturated rings. The lowest BCUT2D eigenvalue weighted by molar-refractivity contribution is 0.0792. The quantitative estimate of drug-likeness (QED) is 0.252. The Hall–Kier alpha value is -2.46. The van der Waals surface area contributed by atoms with Crippen LogP contribution in [-0.2, 0) is 30.9 Å². The van der Waals surface area contributed by atoms with Crippen LogP contribution in [-0.4, -0.2) is 76.1 Å². The lowest BCUT2D eigenvalue weighted by Gasteiger charge is -2.24. The molecule has 0 saturated carbocycles. The molecular formula is C31H42N2O9P2+2. The molecule has 0 spiro atoms. The maximum atomic E-state index is 13.7. The Kier molecular flexibility index (Phi) is 9.81. The number of nitrogens with zero attached hydrogens (tertiary/aromatic N) is 2. The highest BCUT2D eigenvalue weighted by molar-refractivity contribution is 7.79. The van der Waals surface area contributed by atoms with E-state index < -0.39 is 21.3 Å². The summed E-state index contributed by atoms with van der Waals surface area (Å²) in [6, 6.07) is 14.9. The molecule has 0 aliphatic carbocycles. The zero-order valence-corrected chi connectivity index (χ0v) is 28.0. The van der Waals surface area contributed by atoms with Gasteiger partial charge in [-0.25, -0.2) is 4.98 Å². The molecule has 13 heteroatoms. The van der Waals surface area contributed by atoms with E-state index in [4.69, 9.17) is 27.2 Å². The van der Waals surface area contributed by atoms with Gasteiger partial charge in [0.2, 0.25) is 5.89 Å². The van der Waals surface area contributed by atoms with Crippen LogP contribution in [0.3, 0.4) is 0 Å². The summed E-state index contributed by atoms with van der Waals surface area (Å²) in [5.74, 6) is 1.40. The van der Waals surface area contributed by atoms with Gasteiger partial charge in [-0.05, 0) is 64.4 Å². The van der Waals surface area contributed by atoms with Crippen LogP contribution in [0, 0.1) is 6.92 Å². The molecule has 1 amide bonds. The fraction of sp³-hybridized carbons (Fsp3) is 0.484. The van der Waals surface area contributed by atoms with E-state index in [2.05, 4.69) is 4.98 Å². The summed E-state index contributed by atoms with van der Waals surface area (Å²) < 4.78 is 35.3. The van der Waals surface area contributed by atoms with Crippen LogP contribution in [0.2, 0.25) is 0 Å². The Morgan fingerprint density at radius 1 is 0.955 bits per heavy atom. The molecule has 4 atom stereocenters. The van der Waals surface area contributed by atoms with Crippen molar-refractivity contribution in [1.29, 1.82) is 0 Å². The fourth-order valence-corrected chi connectivity index (χ4v) is 11.5. The molecule has 3 aromatic rings. The summed E-state index contributed by atoms with van der Waals surface area (Å²) >= 11 is 0. The first-order valence-electron chi connectivity index (χ1n) is 14.7. The van der Waals surface area contributed by atoms with E-state index in [-0.39, 0.29) is 36.7 Å². The zero-order chi connectivity index (χ0) is 31.8. The van der Waals surface area contributed by atoms with Gasteiger partial charge in [0.25, 0.3) is 5.91 Å². The minimum Gasteiger partial charge on any atom is -0.496 e. The maximum Gasteiger partial charge on any atom is 0.461 e. The molecule has 5 rings (SSSR count). The van der Waals surface area contributed by atoms with Crippen molar-refractivity contribution in [3.8, 4) is 17.2 Å². The number of aryl methyl sites for hydroxylation is 1. The van der Waals surface area contributed by atoms with Gasteiger partial charge in [0, 0.05) is 25.6 Å². The number of carbonyl (C=O) groups is 1. The number of likely N-dealkylation sites (N-methyl/N-ethyl adjacent to an activating group) is 1. The number of ether oxygens (including phenoxy) is 1. The van der Waals surface area contributed by atoms with Crippen LogP contribution in [0.4, 0.5) is 0 Å². The van der Waals surface area contributed by atoms with Gasteiger partial charge in [-0.3, -0.25) is 4.79 Å². The normalized spacial score (nSPS) is 29.1. The number of benzene rings is 2. The maximum absolute atomic E-state index is 13.7. The Labute approximate surface area is 259 Å². The topological polar surface area (TPSA) is 133 Å². The second-order valence-electron chi connectivity index (χ2n) is 11.5. The van der Waals surface area contributed by atoms with E-state index in [1.807, 2.05) is 65.0 Å². The Morgan fingerprint density at radius 3 is 2.07 bits per heavy atom. The van der Waals surface area contributed by atoms with Crippen LogP contribution < -0.4 is 4.74 Å². The Bertz CT molecular complexity index is 1420. The third-order valence-electron chi connectivity index (χ3n) is 8.20. The Balaban J connectivity index is 1.36. The van der Waals surface area contributed by atoms with Crippen molar-refractivity contribution < 1.29 is 41.8 Å². The number of oxazole rings is 1. The summed E-state index contributed by atoms with van der Waals surface area (Å²) in [5, 5.41) is -0.988. The minimum absolute atomic E-state index is 0.0990. The number of rotatable bonds is 10. The molecule has 2 N–H and O–H groups in total. The second-order valence-corrected chi connectivity index (χ2v) is 16.2. The fourth-order valence-electron chi connectivity index (χ4n) is 5.25.